The highest BCUT2D eigenvalue weighted by Crippen LogP contribution is 2.50. The molecule has 1 N–H and O–H groups in total. The first-order valence-corrected chi connectivity index (χ1v) is 14.0. The molecule has 2 saturated heterocycles. The maximum Gasteiger partial charge on any atom is 0.423 e. The lowest BCUT2D eigenvalue weighted by molar-refractivity contribution is -0.137. The fourth-order valence-corrected chi connectivity index (χ4v) is 6.82. The van der Waals surface area contributed by atoms with Crippen molar-refractivity contribution in [1.82, 2.24) is 9.88 Å². The molecule has 0 unspecified atom stereocenters. The molecule has 8 heteroatoms. The fourth-order valence-electron chi connectivity index (χ4n) is 6.82. The lowest BCUT2D eigenvalue weighted by atomic mass is 9.69. The number of ether oxygens (including phenoxy) is 2. The zero-order chi connectivity index (χ0) is 28.7. The second kappa shape index (κ2) is 10.9. The fraction of sp³-hybridized carbons (Fsp3) is 0.333. The molecule has 2 aromatic carbocycles. The third-order valence-corrected chi connectivity index (χ3v) is 8.73. The zero-order valence-electron chi connectivity index (χ0n) is 23.1. The van der Waals surface area contributed by atoms with Crippen LogP contribution in [0.4, 0.5) is 4.79 Å². The Bertz CT molecular complexity index is 1590. The highest BCUT2D eigenvalue weighted by Gasteiger charge is 2.58. The number of methoxy groups -OCH3 is 1. The van der Waals surface area contributed by atoms with Crippen LogP contribution in [-0.4, -0.2) is 52.7 Å². The lowest BCUT2D eigenvalue weighted by Crippen LogP contribution is -2.38. The molecule has 1 aliphatic carbocycles. The van der Waals surface area contributed by atoms with Crippen LogP contribution in [0.25, 0.3) is 22.4 Å². The number of nitrogens with zero attached hydrogens (tertiary/aromatic N) is 2. The molecule has 4 atom stereocenters. The molecule has 3 aliphatic rings. The van der Waals surface area contributed by atoms with Gasteiger partial charge in [-0.05, 0) is 72.1 Å². The van der Waals surface area contributed by atoms with Gasteiger partial charge in [0.1, 0.15) is 5.75 Å². The van der Waals surface area contributed by atoms with E-state index in [1.165, 1.54) is 7.11 Å². The third-order valence-electron chi connectivity index (χ3n) is 8.73. The van der Waals surface area contributed by atoms with Crippen LogP contribution in [0, 0.1) is 17.8 Å². The van der Waals surface area contributed by atoms with Crippen molar-refractivity contribution < 1.29 is 29.0 Å². The number of rotatable bonds is 6. The summed E-state index contributed by atoms with van der Waals surface area (Å²) in [5.41, 5.74) is 5.12. The number of likely N-dealkylation sites (tertiary alicyclic amines) is 1. The van der Waals surface area contributed by atoms with Gasteiger partial charge in [0, 0.05) is 17.5 Å². The largest absolute Gasteiger partial charge is 0.507 e. The molecule has 210 valence electrons. The van der Waals surface area contributed by atoms with E-state index in [9.17, 15) is 19.5 Å². The highest BCUT2D eigenvalue weighted by molar-refractivity contribution is 6.16. The summed E-state index contributed by atoms with van der Waals surface area (Å²) in [6.45, 7) is 2.40. The van der Waals surface area contributed by atoms with Crippen LogP contribution in [0.15, 0.2) is 71.9 Å². The maximum atomic E-state index is 13.3. The summed E-state index contributed by atoms with van der Waals surface area (Å²) in [5.74, 6) is -2.11. The molecule has 3 heterocycles. The van der Waals surface area contributed by atoms with Crippen molar-refractivity contribution in [2.24, 2.45) is 17.8 Å². The summed E-state index contributed by atoms with van der Waals surface area (Å²) in [5, 5.41) is 12.1. The van der Waals surface area contributed by atoms with Crippen LogP contribution >= 0.6 is 0 Å². The monoisotopic (exact) mass is 552 g/mol. The van der Waals surface area contributed by atoms with Gasteiger partial charge in [-0.3, -0.25) is 14.6 Å². The predicted octanol–water partition coefficient (Wildman–Crippen LogP) is 5.75. The van der Waals surface area contributed by atoms with Gasteiger partial charge < -0.3 is 14.6 Å². The molecule has 41 heavy (non-hydrogen) atoms. The summed E-state index contributed by atoms with van der Waals surface area (Å²) in [6.07, 6.45) is 5.31. The van der Waals surface area contributed by atoms with Crippen LogP contribution < -0.4 is 0 Å². The molecular formula is C33H32N2O6. The maximum absolute atomic E-state index is 13.3. The molecule has 3 aromatic rings. The smallest absolute Gasteiger partial charge is 0.423 e. The van der Waals surface area contributed by atoms with Gasteiger partial charge in [0.05, 0.1) is 37.4 Å². The summed E-state index contributed by atoms with van der Waals surface area (Å²) in [6, 6.07) is 17.2. The van der Waals surface area contributed by atoms with Gasteiger partial charge in [0.25, 0.3) is 0 Å². The molecular weight excluding hydrogens is 520 g/mol. The number of aromatic nitrogens is 1. The summed E-state index contributed by atoms with van der Waals surface area (Å²) < 4.78 is 11.1. The Labute approximate surface area is 238 Å². The molecule has 0 radical (unpaired) electrons. The van der Waals surface area contributed by atoms with E-state index >= 15 is 0 Å². The number of benzene rings is 2. The van der Waals surface area contributed by atoms with Crippen molar-refractivity contribution in [3.8, 4) is 5.75 Å². The number of imide groups is 3. The number of hydrogen-bond donors (Lipinski definition) is 1. The molecule has 6 rings (SSSR count). The van der Waals surface area contributed by atoms with Crippen molar-refractivity contribution in [2.45, 2.75) is 38.7 Å². The predicted molar refractivity (Wildman–Crippen MR) is 153 cm³/mol. The average Bonchev–Trinajstić information content (AvgIpc) is 3.54. The van der Waals surface area contributed by atoms with E-state index in [4.69, 9.17) is 9.47 Å². The number of carbonyl (C=O) groups excluding carboxylic acids is 3. The first-order chi connectivity index (χ1) is 19.9. The number of hydrogen-bond acceptors (Lipinski definition) is 7. The van der Waals surface area contributed by atoms with Crippen molar-refractivity contribution in [3.63, 3.8) is 0 Å². The second-order valence-corrected chi connectivity index (χ2v) is 10.8. The highest BCUT2D eigenvalue weighted by atomic mass is 16.5. The van der Waals surface area contributed by atoms with Gasteiger partial charge in [-0.2, -0.15) is 4.90 Å². The Balaban J connectivity index is 1.31. The van der Waals surface area contributed by atoms with Crippen LogP contribution in [0.5, 0.6) is 5.75 Å². The quantitative estimate of drug-likeness (QED) is 0.306. The van der Waals surface area contributed by atoms with Crippen molar-refractivity contribution in [3.05, 3.63) is 83.2 Å². The van der Waals surface area contributed by atoms with Crippen molar-refractivity contribution in [2.75, 3.05) is 13.7 Å². The van der Waals surface area contributed by atoms with Crippen LogP contribution in [0.1, 0.15) is 43.9 Å². The molecule has 0 saturated carbocycles. The Morgan fingerprint density at radius 2 is 1.85 bits per heavy atom. The summed E-state index contributed by atoms with van der Waals surface area (Å²) >= 11 is 0. The standard InChI is InChI=1S/C33H32N2O6/c1-3-19-17-24-30(32(38)35(31(24)37)33(39)40-2)25-18-41-28(29(19)25)14-12-21(26-10-6-7-15-34-26)16-20-11-13-27(36)23-9-5-4-8-22(20)23/h4-11,13,15-16,24-25,28,30,36H,3,12,14,17-18H2,1-2H3/b21-16-/t24-,25+,28-,30-/m1/s1. The minimum Gasteiger partial charge on any atom is -0.507 e. The normalized spacial score (nSPS) is 24.1. The van der Waals surface area contributed by atoms with E-state index in [0.29, 0.717) is 30.8 Å². The van der Waals surface area contributed by atoms with E-state index in [2.05, 4.69) is 18.0 Å². The van der Waals surface area contributed by atoms with Crippen LogP contribution in [-0.2, 0) is 19.1 Å². The Hall–Kier alpha value is -4.30. The van der Waals surface area contributed by atoms with E-state index < -0.39 is 29.7 Å². The molecule has 0 bridgehead atoms. The number of amides is 3. The molecule has 3 amide bonds. The number of pyridine rings is 1. The number of aromatic hydroxyl groups is 1. The SMILES string of the molecule is CCC1=C2[C@@H](CC/C(=C/c3ccc(O)c4ccccc34)c3ccccn3)OC[C@@H]2[C@@H]2C(=O)N(C(=O)OC)C(=O)[C@@H]2C1. The third kappa shape index (κ3) is 4.62. The van der Waals surface area contributed by atoms with Crippen LogP contribution in [0.2, 0.25) is 0 Å². The van der Waals surface area contributed by atoms with E-state index in [1.54, 1.807) is 12.3 Å². The van der Waals surface area contributed by atoms with E-state index in [1.807, 2.05) is 48.5 Å². The summed E-state index contributed by atoms with van der Waals surface area (Å²) in [4.78, 5) is 43.9. The number of phenols is 1. The number of carbonyl (C=O) groups is 3. The summed E-state index contributed by atoms with van der Waals surface area (Å²) in [7, 11) is 1.17. The van der Waals surface area contributed by atoms with Crippen molar-refractivity contribution >= 4 is 40.3 Å². The van der Waals surface area contributed by atoms with Gasteiger partial charge in [0.15, 0.2) is 0 Å². The zero-order valence-corrected chi connectivity index (χ0v) is 23.1. The number of allylic oxidation sites excluding steroid dienone is 2. The van der Waals surface area contributed by atoms with Crippen LogP contribution in [0.3, 0.4) is 0 Å². The van der Waals surface area contributed by atoms with Gasteiger partial charge >= 0.3 is 6.09 Å². The van der Waals surface area contributed by atoms with Gasteiger partial charge in [0.2, 0.25) is 11.8 Å². The lowest BCUT2D eigenvalue weighted by Gasteiger charge is -2.31. The Morgan fingerprint density at radius 1 is 1.07 bits per heavy atom. The Morgan fingerprint density at radius 3 is 2.59 bits per heavy atom. The molecule has 8 nitrogen and oxygen atoms in total. The molecule has 1 aromatic heterocycles. The number of phenolic OH excluding ortho intramolecular Hbond substituents is 1. The first kappa shape index (κ1) is 26.9. The minimum absolute atomic E-state index is 0.199. The average molecular weight is 553 g/mol. The molecule has 0 spiro atoms. The van der Waals surface area contributed by atoms with Gasteiger partial charge in [-0.25, -0.2) is 4.79 Å². The first-order valence-electron chi connectivity index (χ1n) is 14.0. The van der Waals surface area contributed by atoms with Crippen molar-refractivity contribution in [1.29, 1.82) is 0 Å². The molecule has 2 fully saturated rings. The topological polar surface area (TPSA) is 106 Å². The minimum atomic E-state index is -0.920. The van der Waals surface area contributed by atoms with Gasteiger partial charge in [-0.15, -0.1) is 0 Å². The van der Waals surface area contributed by atoms with E-state index in [-0.39, 0.29) is 17.8 Å². The van der Waals surface area contributed by atoms with E-state index in [0.717, 1.165) is 45.2 Å². The molecule has 2 aliphatic heterocycles. The second-order valence-electron chi connectivity index (χ2n) is 10.8. The number of fused-ring (bicyclic) bond motifs is 4. The Kier molecular flexibility index (Phi) is 7.17. The van der Waals surface area contributed by atoms with Gasteiger partial charge in [-0.1, -0.05) is 48.9 Å².